The van der Waals surface area contributed by atoms with E-state index in [1.54, 1.807) is 12.1 Å². The number of hydrogen-bond acceptors (Lipinski definition) is 2. The Bertz CT molecular complexity index is 782. The summed E-state index contributed by atoms with van der Waals surface area (Å²) in [7, 11) is 0. The van der Waals surface area contributed by atoms with Crippen molar-refractivity contribution in [2.75, 3.05) is 0 Å². The fourth-order valence-corrected chi connectivity index (χ4v) is 2.35. The van der Waals surface area contributed by atoms with E-state index in [9.17, 15) is 9.18 Å². The number of halogens is 2. The van der Waals surface area contributed by atoms with Crippen LogP contribution in [0.25, 0.3) is 16.9 Å². The number of benzene rings is 2. The highest BCUT2D eigenvalue weighted by atomic mass is 35.5. The first-order chi connectivity index (χ1) is 10.2. The Morgan fingerprint density at radius 2 is 1.71 bits per heavy atom. The van der Waals surface area contributed by atoms with Gasteiger partial charge < -0.3 is 0 Å². The fraction of sp³-hybridized carbons (Fsp3) is 0. The van der Waals surface area contributed by atoms with Gasteiger partial charge in [0.15, 0.2) is 6.29 Å². The Hall–Kier alpha value is -2.46. The Morgan fingerprint density at radius 3 is 2.33 bits per heavy atom. The zero-order chi connectivity index (χ0) is 14.8. The van der Waals surface area contributed by atoms with Gasteiger partial charge in [-0.1, -0.05) is 41.9 Å². The average Bonchev–Trinajstić information content (AvgIpc) is 2.86. The summed E-state index contributed by atoms with van der Waals surface area (Å²) in [6.07, 6.45) is 0.678. The molecule has 3 aromatic rings. The number of rotatable bonds is 3. The molecule has 104 valence electrons. The molecule has 0 saturated carbocycles. The molecule has 0 amide bonds. The zero-order valence-corrected chi connectivity index (χ0v) is 11.6. The van der Waals surface area contributed by atoms with Crippen molar-refractivity contribution in [3.63, 3.8) is 0 Å². The number of hydrogen-bond donors (Lipinski definition) is 0. The summed E-state index contributed by atoms with van der Waals surface area (Å²) >= 11 is 6.23. The van der Waals surface area contributed by atoms with Crippen molar-refractivity contribution in [2.45, 2.75) is 0 Å². The lowest BCUT2D eigenvalue weighted by atomic mass is 10.1. The Balaban J connectivity index is 2.18. The van der Waals surface area contributed by atoms with Crippen LogP contribution in [0.2, 0.25) is 5.15 Å². The molecule has 0 atom stereocenters. The van der Waals surface area contributed by atoms with Crippen molar-refractivity contribution in [2.24, 2.45) is 0 Å². The van der Waals surface area contributed by atoms with E-state index >= 15 is 0 Å². The van der Waals surface area contributed by atoms with Gasteiger partial charge in [0.25, 0.3) is 0 Å². The van der Waals surface area contributed by atoms with Gasteiger partial charge >= 0.3 is 0 Å². The molecule has 2 aromatic carbocycles. The van der Waals surface area contributed by atoms with Crippen molar-refractivity contribution in [3.8, 4) is 16.9 Å². The quantitative estimate of drug-likeness (QED) is 0.681. The van der Waals surface area contributed by atoms with E-state index in [1.165, 1.54) is 16.8 Å². The number of aldehydes is 1. The van der Waals surface area contributed by atoms with E-state index in [0.717, 1.165) is 5.56 Å². The molecule has 0 radical (unpaired) electrons. The minimum absolute atomic E-state index is 0.204. The van der Waals surface area contributed by atoms with Crippen LogP contribution in [0.1, 0.15) is 10.4 Å². The maximum absolute atomic E-state index is 13.0. The van der Waals surface area contributed by atoms with E-state index in [2.05, 4.69) is 5.10 Å². The molecule has 0 saturated heterocycles. The first-order valence-corrected chi connectivity index (χ1v) is 6.63. The average molecular weight is 301 g/mol. The topological polar surface area (TPSA) is 34.9 Å². The van der Waals surface area contributed by atoms with Crippen LogP contribution in [0.5, 0.6) is 0 Å². The molecule has 0 aliphatic rings. The molecule has 21 heavy (non-hydrogen) atoms. The van der Waals surface area contributed by atoms with Crippen LogP contribution < -0.4 is 0 Å². The molecule has 0 unspecified atom stereocenters. The SMILES string of the molecule is O=Cc1c(-c2ccccc2)nn(-c2ccc(F)cc2)c1Cl. The van der Waals surface area contributed by atoms with E-state index < -0.39 is 0 Å². The lowest BCUT2D eigenvalue weighted by molar-refractivity contribution is 0.112. The minimum atomic E-state index is -0.346. The van der Waals surface area contributed by atoms with Crippen molar-refractivity contribution in [1.82, 2.24) is 9.78 Å². The summed E-state index contributed by atoms with van der Waals surface area (Å²) in [4.78, 5) is 11.3. The molecule has 3 rings (SSSR count). The predicted molar refractivity (Wildman–Crippen MR) is 79.4 cm³/mol. The molecule has 5 heteroatoms. The summed E-state index contributed by atoms with van der Waals surface area (Å²) < 4.78 is 14.4. The first kappa shape index (κ1) is 13.5. The van der Waals surface area contributed by atoms with Crippen molar-refractivity contribution in [1.29, 1.82) is 0 Å². The zero-order valence-electron chi connectivity index (χ0n) is 10.8. The van der Waals surface area contributed by atoms with Crippen molar-refractivity contribution < 1.29 is 9.18 Å². The second-order valence-electron chi connectivity index (χ2n) is 4.43. The van der Waals surface area contributed by atoms with Gasteiger partial charge in [-0.15, -0.1) is 0 Å². The van der Waals surface area contributed by atoms with Crippen LogP contribution in [-0.4, -0.2) is 16.1 Å². The van der Waals surface area contributed by atoms with Gasteiger partial charge in [0.2, 0.25) is 0 Å². The highest BCUT2D eigenvalue weighted by Crippen LogP contribution is 2.29. The number of carbonyl (C=O) groups is 1. The fourth-order valence-electron chi connectivity index (χ4n) is 2.08. The van der Waals surface area contributed by atoms with Crippen molar-refractivity contribution >= 4 is 17.9 Å². The predicted octanol–water partition coefficient (Wildman–Crippen LogP) is 4.14. The third kappa shape index (κ3) is 2.45. The third-order valence-corrected chi connectivity index (χ3v) is 3.46. The molecule has 3 nitrogen and oxygen atoms in total. The summed E-state index contributed by atoms with van der Waals surface area (Å²) in [5, 5.41) is 4.59. The van der Waals surface area contributed by atoms with Gasteiger partial charge in [0.05, 0.1) is 11.3 Å². The second-order valence-corrected chi connectivity index (χ2v) is 4.78. The minimum Gasteiger partial charge on any atom is -0.298 e. The molecule has 0 N–H and O–H groups in total. The molecular formula is C16H10ClFN2O. The van der Waals surface area contributed by atoms with Gasteiger partial charge in [-0.3, -0.25) is 4.79 Å². The lowest BCUT2D eigenvalue weighted by Gasteiger charge is -2.02. The largest absolute Gasteiger partial charge is 0.298 e. The van der Waals surface area contributed by atoms with Crippen LogP contribution in [0.4, 0.5) is 4.39 Å². The number of nitrogens with zero attached hydrogens (tertiary/aromatic N) is 2. The van der Waals surface area contributed by atoms with E-state index in [0.29, 0.717) is 23.2 Å². The molecular weight excluding hydrogens is 291 g/mol. The van der Waals surface area contributed by atoms with Crippen LogP contribution >= 0.6 is 11.6 Å². The lowest BCUT2D eigenvalue weighted by Crippen LogP contribution is -1.96. The van der Waals surface area contributed by atoms with E-state index in [1.807, 2.05) is 30.3 Å². The molecule has 0 bridgehead atoms. The normalized spacial score (nSPS) is 10.6. The van der Waals surface area contributed by atoms with Gasteiger partial charge in [-0.2, -0.15) is 5.10 Å². The molecule has 0 aliphatic heterocycles. The van der Waals surface area contributed by atoms with Crippen LogP contribution in [0.3, 0.4) is 0 Å². The first-order valence-electron chi connectivity index (χ1n) is 6.26. The molecule has 1 heterocycles. The maximum Gasteiger partial charge on any atom is 0.155 e. The molecule has 1 aromatic heterocycles. The van der Waals surface area contributed by atoms with Gasteiger partial charge in [0, 0.05) is 5.56 Å². The summed E-state index contributed by atoms with van der Waals surface area (Å²) in [5.74, 6) is -0.346. The van der Waals surface area contributed by atoms with Crippen LogP contribution in [0.15, 0.2) is 54.6 Å². The number of aromatic nitrogens is 2. The summed E-state index contributed by atoms with van der Waals surface area (Å²) in [6.45, 7) is 0. The highest BCUT2D eigenvalue weighted by Gasteiger charge is 2.18. The van der Waals surface area contributed by atoms with Crippen LogP contribution in [-0.2, 0) is 0 Å². The third-order valence-electron chi connectivity index (χ3n) is 3.10. The number of carbonyl (C=O) groups excluding carboxylic acids is 1. The Kier molecular flexibility index (Phi) is 3.54. The molecule has 0 aliphatic carbocycles. The van der Waals surface area contributed by atoms with Crippen LogP contribution in [0, 0.1) is 5.82 Å². The molecule has 0 fully saturated rings. The summed E-state index contributed by atoms with van der Waals surface area (Å²) in [5.41, 5.74) is 2.20. The second kappa shape index (κ2) is 5.50. The van der Waals surface area contributed by atoms with Gasteiger partial charge in [-0.05, 0) is 24.3 Å². The monoisotopic (exact) mass is 300 g/mol. The smallest absolute Gasteiger partial charge is 0.155 e. The maximum atomic E-state index is 13.0. The standard InChI is InChI=1S/C16H10ClFN2O/c17-16-14(10-21)15(11-4-2-1-3-5-11)19-20(16)13-8-6-12(18)7-9-13/h1-10H. The van der Waals surface area contributed by atoms with E-state index in [-0.39, 0.29) is 11.0 Å². The van der Waals surface area contributed by atoms with Crippen molar-refractivity contribution in [3.05, 3.63) is 71.1 Å². The Morgan fingerprint density at radius 1 is 1.05 bits per heavy atom. The van der Waals surface area contributed by atoms with E-state index in [4.69, 9.17) is 11.6 Å². The molecule has 0 spiro atoms. The van der Waals surface area contributed by atoms with Gasteiger partial charge in [0.1, 0.15) is 16.7 Å². The summed E-state index contributed by atoms with van der Waals surface area (Å²) in [6, 6.07) is 15.0. The highest BCUT2D eigenvalue weighted by molar-refractivity contribution is 6.32. The van der Waals surface area contributed by atoms with Gasteiger partial charge in [-0.25, -0.2) is 9.07 Å². The Labute approximate surface area is 125 Å².